The Kier molecular flexibility index (Phi) is 5.14. The van der Waals surface area contributed by atoms with Gasteiger partial charge in [-0.05, 0) is 68.8 Å². The molecule has 3 heteroatoms. The molecule has 0 radical (unpaired) electrons. The van der Waals surface area contributed by atoms with E-state index in [9.17, 15) is 9.50 Å². The molecule has 1 aliphatic heterocycles. The van der Waals surface area contributed by atoms with Crippen molar-refractivity contribution in [3.05, 3.63) is 35.6 Å². The highest BCUT2D eigenvalue weighted by molar-refractivity contribution is 5.24. The SMILES string of the molecule is OC(CCN1CCCC1)(c1ccc(F)cc1)C1CCCCC1. The van der Waals surface area contributed by atoms with E-state index in [2.05, 4.69) is 4.90 Å². The van der Waals surface area contributed by atoms with Crippen molar-refractivity contribution in [1.29, 1.82) is 0 Å². The first-order chi connectivity index (χ1) is 10.7. The molecule has 1 N–H and O–H groups in total. The summed E-state index contributed by atoms with van der Waals surface area (Å²) in [5, 5.41) is 11.5. The first kappa shape index (κ1) is 15.9. The van der Waals surface area contributed by atoms with Crippen molar-refractivity contribution in [3.8, 4) is 0 Å². The van der Waals surface area contributed by atoms with Gasteiger partial charge >= 0.3 is 0 Å². The van der Waals surface area contributed by atoms with Crippen molar-refractivity contribution < 1.29 is 9.50 Å². The zero-order valence-corrected chi connectivity index (χ0v) is 13.4. The lowest BCUT2D eigenvalue weighted by Gasteiger charge is -2.40. The molecule has 122 valence electrons. The predicted molar refractivity (Wildman–Crippen MR) is 87.2 cm³/mol. The fourth-order valence-corrected chi connectivity index (χ4v) is 4.24. The molecule has 1 aromatic rings. The Hall–Kier alpha value is -0.930. The van der Waals surface area contributed by atoms with Gasteiger partial charge in [-0.25, -0.2) is 4.39 Å². The summed E-state index contributed by atoms with van der Waals surface area (Å²) in [6.07, 6.45) is 9.19. The molecule has 1 saturated carbocycles. The third-order valence-corrected chi connectivity index (χ3v) is 5.63. The van der Waals surface area contributed by atoms with E-state index in [1.807, 2.05) is 0 Å². The van der Waals surface area contributed by atoms with Gasteiger partial charge in [0.25, 0.3) is 0 Å². The van der Waals surface area contributed by atoms with Crippen LogP contribution in [0.2, 0.25) is 0 Å². The van der Waals surface area contributed by atoms with E-state index in [1.54, 1.807) is 12.1 Å². The molecular weight excluding hydrogens is 277 g/mol. The second kappa shape index (κ2) is 7.10. The van der Waals surface area contributed by atoms with Gasteiger partial charge in [-0.15, -0.1) is 0 Å². The van der Waals surface area contributed by atoms with E-state index in [1.165, 1.54) is 44.2 Å². The second-order valence-corrected chi connectivity index (χ2v) is 7.06. The van der Waals surface area contributed by atoms with Crippen LogP contribution in [0.15, 0.2) is 24.3 Å². The molecule has 0 bridgehead atoms. The summed E-state index contributed by atoms with van der Waals surface area (Å²) in [5.41, 5.74) is 0.108. The van der Waals surface area contributed by atoms with Crippen LogP contribution in [0.1, 0.15) is 56.9 Å². The van der Waals surface area contributed by atoms with E-state index >= 15 is 0 Å². The molecule has 3 rings (SSSR count). The average Bonchev–Trinajstić information content (AvgIpc) is 3.08. The van der Waals surface area contributed by atoms with Crippen molar-refractivity contribution in [1.82, 2.24) is 4.90 Å². The Morgan fingerprint density at radius 2 is 1.64 bits per heavy atom. The summed E-state index contributed by atoms with van der Waals surface area (Å²) in [5.74, 6) is 0.0867. The quantitative estimate of drug-likeness (QED) is 0.886. The minimum Gasteiger partial charge on any atom is -0.385 e. The summed E-state index contributed by atoms with van der Waals surface area (Å²) in [6, 6.07) is 6.54. The molecule has 1 unspecified atom stereocenters. The molecule has 1 saturated heterocycles. The van der Waals surface area contributed by atoms with Crippen molar-refractivity contribution in [2.75, 3.05) is 19.6 Å². The lowest BCUT2D eigenvalue weighted by atomic mass is 9.71. The van der Waals surface area contributed by atoms with Crippen molar-refractivity contribution in [2.45, 2.75) is 57.0 Å². The van der Waals surface area contributed by atoms with Crippen LogP contribution < -0.4 is 0 Å². The van der Waals surface area contributed by atoms with Crippen molar-refractivity contribution in [2.24, 2.45) is 5.92 Å². The number of likely N-dealkylation sites (tertiary alicyclic amines) is 1. The molecule has 2 nitrogen and oxygen atoms in total. The highest BCUT2D eigenvalue weighted by Crippen LogP contribution is 2.42. The lowest BCUT2D eigenvalue weighted by Crippen LogP contribution is -2.39. The highest BCUT2D eigenvalue weighted by atomic mass is 19.1. The number of halogens is 1. The summed E-state index contributed by atoms with van der Waals surface area (Å²) in [7, 11) is 0. The monoisotopic (exact) mass is 305 g/mol. The maximum absolute atomic E-state index is 13.3. The average molecular weight is 305 g/mol. The van der Waals surface area contributed by atoms with Gasteiger partial charge in [-0.1, -0.05) is 31.4 Å². The van der Waals surface area contributed by atoms with Gasteiger partial charge < -0.3 is 10.0 Å². The number of aliphatic hydroxyl groups is 1. The Morgan fingerprint density at radius 3 is 2.27 bits per heavy atom. The molecular formula is C19H28FNO. The van der Waals surface area contributed by atoms with Crippen LogP contribution in [-0.2, 0) is 5.60 Å². The zero-order valence-electron chi connectivity index (χ0n) is 13.4. The van der Waals surface area contributed by atoms with E-state index in [0.717, 1.165) is 44.5 Å². The molecule has 0 spiro atoms. The lowest BCUT2D eigenvalue weighted by molar-refractivity contribution is -0.0511. The van der Waals surface area contributed by atoms with Crippen molar-refractivity contribution in [3.63, 3.8) is 0 Å². The number of benzene rings is 1. The Morgan fingerprint density at radius 1 is 1.00 bits per heavy atom. The summed E-state index contributed by atoms with van der Waals surface area (Å²) >= 11 is 0. The minimum atomic E-state index is -0.795. The van der Waals surface area contributed by atoms with E-state index in [0.29, 0.717) is 5.92 Å². The van der Waals surface area contributed by atoms with Gasteiger partial charge in [0, 0.05) is 6.54 Å². The minimum absolute atomic E-state index is 0.228. The van der Waals surface area contributed by atoms with Gasteiger partial charge in [0.05, 0.1) is 5.60 Å². The molecule has 1 aromatic carbocycles. The van der Waals surface area contributed by atoms with Crippen molar-refractivity contribution >= 4 is 0 Å². The molecule has 0 amide bonds. The first-order valence-corrected chi connectivity index (χ1v) is 8.89. The Labute approximate surface area is 133 Å². The summed E-state index contributed by atoms with van der Waals surface area (Å²) in [6.45, 7) is 3.26. The molecule has 1 aliphatic carbocycles. The van der Waals surface area contributed by atoms with Gasteiger partial charge in [0.15, 0.2) is 0 Å². The first-order valence-electron chi connectivity index (χ1n) is 8.89. The van der Waals surface area contributed by atoms with Crippen LogP contribution in [0, 0.1) is 11.7 Å². The predicted octanol–water partition coefficient (Wildman–Crippen LogP) is 4.08. The Bertz CT molecular complexity index is 463. The number of rotatable bonds is 5. The number of nitrogens with zero attached hydrogens (tertiary/aromatic N) is 1. The second-order valence-electron chi connectivity index (χ2n) is 7.06. The molecule has 1 atom stereocenters. The molecule has 2 aliphatic rings. The normalized spacial score (nSPS) is 23.5. The third kappa shape index (κ3) is 3.52. The topological polar surface area (TPSA) is 23.5 Å². The summed E-state index contributed by atoms with van der Waals surface area (Å²) < 4.78 is 13.3. The van der Waals surface area contributed by atoms with E-state index in [-0.39, 0.29) is 5.82 Å². The van der Waals surface area contributed by atoms with Gasteiger partial charge in [0.2, 0.25) is 0 Å². The summed E-state index contributed by atoms with van der Waals surface area (Å²) in [4.78, 5) is 2.46. The van der Waals surface area contributed by atoms with Crippen LogP contribution in [0.3, 0.4) is 0 Å². The maximum atomic E-state index is 13.3. The van der Waals surface area contributed by atoms with Crippen LogP contribution in [0.4, 0.5) is 4.39 Å². The largest absolute Gasteiger partial charge is 0.385 e. The van der Waals surface area contributed by atoms with Crippen LogP contribution >= 0.6 is 0 Å². The molecule has 2 fully saturated rings. The van der Waals surface area contributed by atoms with E-state index in [4.69, 9.17) is 0 Å². The number of hydrogen-bond donors (Lipinski definition) is 1. The standard InChI is InChI=1S/C19H28FNO/c20-18-10-8-17(9-11-18)19(22,16-6-2-1-3-7-16)12-15-21-13-4-5-14-21/h8-11,16,22H,1-7,12-15H2. The molecule has 22 heavy (non-hydrogen) atoms. The van der Waals surface area contributed by atoms with E-state index < -0.39 is 5.60 Å². The van der Waals surface area contributed by atoms with Crippen LogP contribution in [0.5, 0.6) is 0 Å². The van der Waals surface area contributed by atoms with Crippen LogP contribution in [0.25, 0.3) is 0 Å². The maximum Gasteiger partial charge on any atom is 0.123 e. The highest BCUT2D eigenvalue weighted by Gasteiger charge is 2.39. The fourth-order valence-electron chi connectivity index (χ4n) is 4.24. The zero-order chi connectivity index (χ0) is 15.4. The fraction of sp³-hybridized carbons (Fsp3) is 0.684. The molecule has 1 heterocycles. The van der Waals surface area contributed by atoms with Gasteiger partial charge in [-0.2, -0.15) is 0 Å². The van der Waals surface area contributed by atoms with Gasteiger partial charge in [0.1, 0.15) is 5.82 Å². The van der Waals surface area contributed by atoms with Gasteiger partial charge in [-0.3, -0.25) is 0 Å². The van der Waals surface area contributed by atoms with Crippen LogP contribution in [-0.4, -0.2) is 29.6 Å². The smallest absolute Gasteiger partial charge is 0.123 e. The third-order valence-electron chi connectivity index (χ3n) is 5.63. The Balaban J connectivity index is 1.78. The number of hydrogen-bond acceptors (Lipinski definition) is 2. The molecule has 0 aromatic heterocycles.